The minimum Gasteiger partial charge on any atom is -0.337 e. The molecule has 2 aromatic carbocycles. The molecule has 2 atom stereocenters. The third-order valence-corrected chi connectivity index (χ3v) is 6.26. The van der Waals surface area contributed by atoms with Gasteiger partial charge >= 0.3 is 0 Å². The highest BCUT2D eigenvalue weighted by atomic mass is 32.2. The van der Waals surface area contributed by atoms with Gasteiger partial charge in [0, 0.05) is 24.1 Å². The summed E-state index contributed by atoms with van der Waals surface area (Å²) < 4.78 is 52.5. The summed E-state index contributed by atoms with van der Waals surface area (Å²) >= 11 is 0. The Balaban J connectivity index is 1.89. The van der Waals surface area contributed by atoms with Crippen LogP contribution in [0.3, 0.4) is 0 Å². The Morgan fingerprint density at radius 3 is 2.39 bits per heavy atom. The van der Waals surface area contributed by atoms with Crippen molar-refractivity contribution in [3.8, 4) is 11.1 Å². The largest absolute Gasteiger partial charge is 0.337 e. The zero-order valence-electron chi connectivity index (χ0n) is 17.9. The van der Waals surface area contributed by atoms with Crippen molar-refractivity contribution in [2.45, 2.75) is 45.2 Å². The van der Waals surface area contributed by atoms with Crippen LogP contribution >= 0.6 is 0 Å². The first-order chi connectivity index (χ1) is 14.5. The number of nitrogens with zero attached hydrogens (tertiary/aromatic N) is 1. The molecule has 1 heterocycles. The number of sulfonamides is 1. The van der Waals surface area contributed by atoms with Crippen molar-refractivity contribution in [3.05, 3.63) is 59.7 Å². The van der Waals surface area contributed by atoms with E-state index in [0.29, 0.717) is 24.9 Å². The monoisotopic (exact) mass is 450 g/mol. The number of carbonyl (C=O) groups excluding carboxylic acids is 1. The van der Waals surface area contributed by atoms with Crippen LogP contribution in [-0.2, 0) is 21.2 Å². The van der Waals surface area contributed by atoms with E-state index in [1.165, 1.54) is 12.1 Å². The molecule has 0 aromatic heterocycles. The van der Waals surface area contributed by atoms with Gasteiger partial charge in [-0.3, -0.25) is 4.79 Å². The minimum absolute atomic E-state index is 0.0106. The quantitative estimate of drug-likeness (QED) is 0.693. The van der Waals surface area contributed by atoms with Crippen LogP contribution in [0.2, 0.25) is 0 Å². The number of alkyl halides is 2. The summed E-state index contributed by atoms with van der Waals surface area (Å²) in [6.45, 7) is 4.14. The predicted molar refractivity (Wildman–Crippen MR) is 117 cm³/mol. The number of rotatable bonds is 7. The molecule has 5 nitrogen and oxygen atoms in total. The van der Waals surface area contributed by atoms with E-state index in [1.54, 1.807) is 17.0 Å². The van der Waals surface area contributed by atoms with Crippen molar-refractivity contribution in [1.82, 2.24) is 9.62 Å². The average Bonchev–Trinajstić information content (AvgIpc) is 3.08. The van der Waals surface area contributed by atoms with Gasteiger partial charge < -0.3 is 4.90 Å². The molecule has 0 unspecified atom stereocenters. The first-order valence-electron chi connectivity index (χ1n) is 10.3. The predicted octanol–water partition coefficient (Wildman–Crippen LogP) is 4.01. The molecule has 0 saturated carbocycles. The van der Waals surface area contributed by atoms with Gasteiger partial charge in [0.25, 0.3) is 6.43 Å². The highest BCUT2D eigenvalue weighted by Crippen LogP contribution is 2.29. The van der Waals surface area contributed by atoms with Gasteiger partial charge in [-0.05, 0) is 35.6 Å². The van der Waals surface area contributed by atoms with Crippen LogP contribution in [0, 0.1) is 5.92 Å². The van der Waals surface area contributed by atoms with E-state index in [4.69, 9.17) is 0 Å². The van der Waals surface area contributed by atoms with Gasteiger partial charge in [0.05, 0.1) is 12.3 Å². The third-order valence-electron chi connectivity index (χ3n) is 5.53. The van der Waals surface area contributed by atoms with Gasteiger partial charge in [0.1, 0.15) is 0 Å². The van der Waals surface area contributed by atoms with Crippen LogP contribution in [0.4, 0.5) is 8.78 Å². The Morgan fingerprint density at radius 1 is 1.13 bits per heavy atom. The molecule has 31 heavy (non-hydrogen) atoms. The van der Waals surface area contributed by atoms with E-state index >= 15 is 0 Å². The number of likely N-dealkylation sites (tertiary alicyclic amines) is 1. The summed E-state index contributed by atoms with van der Waals surface area (Å²) in [5, 5.41) is 0. The molecule has 8 heteroatoms. The molecule has 1 fully saturated rings. The van der Waals surface area contributed by atoms with Gasteiger partial charge in [-0.15, -0.1) is 0 Å². The Hall–Kier alpha value is -2.32. The zero-order valence-corrected chi connectivity index (χ0v) is 18.7. The molecule has 1 aliphatic rings. The van der Waals surface area contributed by atoms with Crippen molar-refractivity contribution in [1.29, 1.82) is 0 Å². The molecule has 0 spiro atoms. The maximum Gasteiger partial charge on any atom is 0.263 e. The minimum atomic E-state index is -3.43. The second kappa shape index (κ2) is 9.44. The fourth-order valence-electron chi connectivity index (χ4n) is 4.10. The molecular weight excluding hydrogens is 422 g/mol. The van der Waals surface area contributed by atoms with Crippen molar-refractivity contribution in [3.63, 3.8) is 0 Å². The van der Waals surface area contributed by atoms with Crippen LogP contribution < -0.4 is 4.72 Å². The van der Waals surface area contributed by atoms with E-state index in [1.807, 2.05) is 38.1 Å². The van der Waals surface area contributed by atoms with E-state index < -0.39 is 16.4 Å². The number of halogens is 2. The summed E-state index contributed by atoms with van der Waals surface area (Å²) in [6, 6.07) is 13.1. The average molecular weight is 451 g/mol. The van der Waals surface area contributed by atoms with E-state index in [2.05, 4.69) is 4.72 Å². The van der Waals surface area contributed by atoms with Crippen molar-refractivity contribution in [2.75, 3.05) is 12.8 Å². The summed E-state index contributed by atoms with van der Waals surface area (Å²) in [5.41, 5.74) is 2.36. The van der Waals surface area contributed by atoms with Crippen LogP contribution in [-0.4, -0.2) is 44.1 Å². The SMILES string of the molecule is CC(C)C(=O)N1CC[C@@H](NS(C)(=O)=O)[C@H]1Cc1cccc(-c2cccc(C(F)F)c2)c1. The molecule has 168 valence electrons. The Bertz CT molecular complexity index is 1040. The lowest BCUT2D eigenvalue weighted by atomic mass is 9.96. The van der Waals surface area contributed by atoms with Crippen LogP contribution in [0.15, 0.2) is 48.5 Å². The summed E-state index contributed by atoms with van der Waals surface area (Å²) in [5.74, 6) is -0.202. The number of hydrogen-bond acceptors (Lipinski definition) is 3. The zero-order chi connectivity index (χ0) is 22.8. The number of hydrogen-bond donors (Lipinski definition) is 1. The smallest absolute Gasteiger partial charge is 0.263 e. The van der Waals surface area contributed by atoms with Crippen molar-refractivity contribution in [2.24, 2.45) is 5.92 Å². The Kier molecular flexibility index (Phi) is 7.11. The fraction of sp³-hybridized carbons (Fsp3) is 0.435. The summed E-state index contributed by atoms with van der Waals surface area (Å²) in [7, 11) is -3.43. The highest BCUT2D eigenvalue weighted by Gasteiger charge is 2.38. The normalized spacial score (nSPS) is 19.4. The van der Waals surface area contributed by atoms with Gasteiger partial charge in [0.15, 0.2) is 0 Å². The topological polar surface area (TPSA) is 66.5 Å². The molecule has 1 N–H and O–H groups in total. The van der Waals surface area contributed by atoms with Gasteiger partial charge in [-0.25, -0.2) is 21.9 Å². The molecule has 1 amide bonds. The van der Waals surface area contributed by atoms with Crippen molar-refractivity contribution >= 4 is 15.9 Å². The van der Waals surface area contributed by atoms with E-state index in [-0.39, 0.29) is 29.5 Å². The van der Waals surface area contributed by atoms with Gasteiger partial charge in [-0.1, -0.05) is 56.3 Å². The molecule has 2 aromatic rings. The van der Waals surface area contributed by atoms with Gasteiger partial charge in [0.2, 0.25) is 15.9 Å². The standard InChI is InChI=1S/C23H28F2N2O3S/c1-15(2)23(28)27-11-10-20(26-31(3,29)30)21(27)13-16-6-4-7-17(12-16)18-8-5-9-19(14-18)22(24)25/h4-9,12,14-15,20-22,26H,10-11,13H2,1-3H3/t20-,21-/m1/s1. The molecular formula is C23H28F2N2O3S. The lowest BCUT2D eigenvalue weighted by Gasteiger charge is -2.30. The third kappa shape index (κ3) is 5.89. The molecule has 0 aliphatic carbocycles. The highest BCUT2D eigenvalue weighted by molar-refractivity contribution is 7.88. The Labute approximate surface area is 182 Å². The number of amides is 1. The first kappa shape index (κ1) is 23.3. The molecule has 1 aliphatic heterocycles. The fourth-order valence-corrected chi connectivity index (χ4v) is 4.92. The van der Waals surface area contributed by atoms with Crippen LogP contribution in [0.1, 0.15) is 37.8 Å². The number of nitrogens with one attached hydrogen (secondary N) is 1. The second-order valence-corrected chi connectivity index (χ2v) is 10.1. The van der Waals surface area contributed by atoms with Crippen LogP contribution in [0.5, 0.6) is 0 Å². The summed E-state index contributed by atoms with van der Waals surface area (Å²) in [6.07, 6.45) is -0.409. The van der Waals surface area contributed by atoms with Gasteiger partial charge in [-0.2, -0.15) is 0 Å². The second-order valence-electron chi connectivity index (χ2n) is 8.37. The van der Waals surface area contributed by atoms with Crippen molar-refractivity contribution < 1.29 is 22.0 Å². The Morgan fingerprint density at radius 2 is 1.77 bits per heavy atom. The molecule has 0 bridgehead atoms. The first-order valence-corrected chi connectivity index (χ1v) is 12.2. The lowest BCUT2D eigenvalue weighted by molar-refractivity contribution is -0.135. The summed E-state index contributed by atoms with van der Waals surface area (Å²) in [4.78, 5) is 14.5. The van der Waals surface area contributed by atoms with E-state index in [9.17, 15) is 22.0 Å². The van der Waals surface area contributed by atoms with E-state index in [0.717, 1.165) is 17.4 Å². The molecule has 1 saturated heterocycles. The van der Waals surface area contributed by atoms with Crippen LogP contribution in [0.25, 0.3) is 11.1 Å². The number of benzene rings is 2. The molecule has 3 rings (SSSR count). The molecule has 0 radical (unpaired) electrons. The number of carbonyl (C=O) groups is 1. The lowest BCUT2D eigenvalue weighted by Crippen LogP contribution is -2.48. The maximum atomic E-state index is 13.1. The maximum absolute atomic E-state index is 13.1.